The normalized spacial score (nSPS) is 20.7. The minimum atomic E-state index is 0.461. The second-order valence-corrected chi connectivity index (χ2v) is 4.12. The van der Waals surface area contributed by atoms with Gasteiger partial charge in [-0.2, -0.15) is 0 Å². The van der Waals surface area contributed by atoms with Gasteiger partial charge in [0.1, 0.15) is 5.75 Å². The topological polar surface area (TPSA) is 12.5 Å². The van der Waals surface area contributed by atoms with Crippen molar-refractivity contribution in [2.24, 2.45) is 0 Å². The molecule has 1 unspecified atom stereocenters. The first-order chi connectivity index (χ1) is 7.36. The molecule has 0 spiro atoms. The van der Waals surface area contributed by atoms with E-state index in [0.29, 0.717) is 11.9 Å². The summed E-state index contributed by atoms with van der Waals surface area (Å²) in [6.45, 7) is 1.08. The van der Waals surface area contributed by atoms with Gasteiger partial charge in [-0.25, -0.2) is 0 Å². The molecule has 0 N–H and O–H groups in total. The van der Waals surface area contributed by atoms with Crippen molar-refractivity contribution in [3.63, 3.8) is 0 Å². The molecule has 0 aliphatic carbocycles. The summed E-state index contributed by atoms with van der Waals surface area (Å²) in [4.78, 5) is 2.35. The van der Waals surface area contributed by atoms with Gasteiger partial charge < -0.3 is 9.64 Å². The summed E-state index contributed by atoms with van der Waals surface area (Å²) in [6.07, 6.45) is 2.40. The highest BCUT2D eigenvalue weighted by molar-refractivity contribution is 6.18. The first-order valence-corrected chi connectivity index (χ1v) is 5.86. The van der Waals surface area contributed by atoms with Crippen molar-refractivity contribution in [2.75, 3.05) is 24.4 Å². The number of nitrogens with zero attached hydrogens (tertiary/aromatic N) is 1. The van der Waals surface area contributed by atoms with E-state index in [0.717, 1.165) is 12.3 Å². The molecule has 1 aliphatic heterocycles. The van der Waals surface area contributed by atoms with Crippen molar-refractivity contribution in [1.82, 2.24) is 0 Å². The van der Waals surface area contributed by atoms with E-state index in [1.54, 1.807) is 7.11 Å². The summed E-state index contributed by atoms with van der Waals surface area (Å²) in [5.41, 5.74) is 1.17. The fourth-order valence-corrected chi connectivity index (χ4v) is 2.50. The molecule has 1 aromatic rings. The number of ether oxygens (including phenoxy) is 1. The molecular weight excluding hydrogens is 210 g/mol. The van der Waals surface area contributed by atoms with Gasteiger partial charge in [-0.1, -0.05) is 12.1 Å². The first-order valence-electron chi connectivity index (χ1n) is 5.32. The lowest BCUT2D eigenvalue weighted by Crippen LogP contribution is -2.30. The molecule has 2 rings (SSSR count). The SMILES string of the molecule is COc1ccccc1N1CCCC1CCl. The average molecular weight is 226 g/mol. The number of hydrogen-bond acceptors (Lipinski definition) is 2. The van der Waals surface area contributed by atoms with Gasteiger partial charge in [0.05, 0.1) is 12.8 Å². The van der Waals surface area contributed by atoms with Crippen molar-refractivity contribution in [1.29, 1.82) is 0 Å². The minimum Gasteiger partial charge on any atom is -0.495 e. The number of rotatable bonds is 3. The smallest absolute Gasteiger partial charge is 0.142 e. The zero-order valence-electron chi connectivity index (χ0n) is 8.95. The van der Waals surface area contributed by atoms with E-state index in [-0.39, 0.29) is 0 Å². The highest BCUT2D eigenvalue weighted by Gasteiger charge is 2.25. The molecule has 0 aromatic heterocycles. The molecule has 2 nitrogen and oxygen atoms in total. The molecule has 3 heteroatoms. The maximum Gasteiger partial charge on any atom is 0.142 e. The van der Waals surface area contributed by atoms with Gasteiger partial charge in [0.25, 0.3) is 0 Å². The molecule has 1 heterocycles. The lowest BCUT2D eigenvalue weighted by atomic mass is 10.2. The highest BCUT2D eigenvalue weighted by atomic mass is 35.5. The van der Waals surface area contributed by atoms with E-state index in [9.17, 15) is 0 Å². The zero-order valence-corrected chi connectivity index (χ0v) is 9.70. The summed E-state index contributed by atoms with van der Waals surface area (Å²) in [6, 6.07) is 8.60. The summed E-state index contributed by atoms with van der Waals surface area (Å²) in [5, 5.41) is 0. The van der Waals surface area contributed by atoms with Crippen LogP contribution >= 0.6 is 11.6 Å². The number of benzene rings is 1. The Labute approximate surface area is 95.8 Å². The average Bonchev–Trinajstić information content (AvgIpc) is 2.76. The monoisotopic (exact) mass is 225 g/mol. The van der Waals surface area contributed by atoms with E-state index in [2.05, 4.69) is 11.0 Å². The molecule has 0 radical (unpaired) electrons. The Morgan fingerprint density at radius 2 is 2.27 bits per heavy atom. The maximum absolute atomic E-state index is 5.97. The number of halogens is 1. The van der Waals surface area contributed by atoms with Crippen LogP contribution in [-0.4, -0.2) is 25.6 Å². The Bertz CT molecular complexity index is 329. The predicted molar refractivity (Wildman–Crippen MR) is 64.1 cm³/mol. The van der Waals surface area contributed by atoms with Crippen LogP contribution in [0.15, 0.2) is 24.3 Å². The molecule has 0 saturated carbocycles. The van der Waals surface area contributed by atoms with Gasteiger partial charge in [-0.15, -0.1) is 11.6 Å². The number of hydrogen-bond donors (Lipinski definition) is 0. The van der Waals surface area contributed by atoms with Crippen LogP contribution in [0.3, 0.4) is 0 Å². The van der Waals surface area contributed by atoms with Crippen LogP contribution in [0.4, 0.5) is 5.69 Å². The quantitative estimate of drug-likeness (QED) is 0.734. The Morgan fingerprint density at radius 3 is 3.00 bits per heavy atom. The zero-order chi connectivity index (χ0) is 10.7. The standard InChI is InChI=1S/C12H16ClNO/c1-15-12-7-3-2-6-11(12)14-8-4-5-10(14)9-13/h2-3,6-7,10H,4-5,8-9H2,1H3. The molecule has 0 bridgehead atoms. The molecule has 1 aliphatic rings. The van der Waals surface area contributed by atoms with Gasteiger partial charge in [0.2, 0.25) is 0 Å². The van der Waals surface area contributed by atoms with Gasteiger partial charge in [-0.3, -0.25) is 0 Å². The number of methoxy groups -OCH3 is 1. The summed E-state index contributed by atoms with van der Waals surface area (Å²) in [7, 11) is 1.71. The predicted octanol–water partition coefficient (Wildman–Crippen LogP) is 2.90. The van der Waals surface area contributed by atoms with Crippen LogP contribution in [0.2, 0.25) is 0 Å². The first kappa shape index (κ1) is 10.6. The van der Waals surface area contributed by atoms with Gasteiger partial charge in [0.15, 0.2) is 0 Å². The van der Waals surface area contributed by atoms with Crippen molar-refractivity contribution in [3.05, 3.63) is 24.3 Å². The molecule has 1 atom stereocenters. The number of para-hydroxylation sites is 2. The summed E-state index contributed by atoms with van der Waals surface area (Å²) in [5.74, 6) is 1.63. The molecule has 1 fully saturated rings. The number of anilines is 1. The molecular formula is C12H16ClNO. The van der Waals surface area contributed by atoms with Crippen LogP contribution in [0.25, 0.3) is 0 Å². The van der Waals surface area contributed by atoms with E-state index in [4.69, 9.17) is 16.3 Å². The Hall–Kier alpha value is -0.890. The van der Waals surface area contributed by atoms with E-state index in [1.165, 1.54) is 18.5 Å². The van der Waals surface area contributed by atoms with Crippen LogP contribution in [-0.2, 0) is 0 Å². The lowest BCUT2D eigenvalue weighted by molar-refractivity contribution is 0.414. The molecule has 82 valence electrons. The van der Waals surface area contributed by atoms with E-state index >= 15 is 0 Å². The fourth-order valence-electron chi connectivity index (χ4n) is 2.18. The number of alkyl halides is 1. The molecule has 1 aromatic carbocycles. The van der Waals surface area contributed by atoms with Crippen molar-refractivity contribution >= 4 is 17.3 Å². The Kier molecular flexibility index (Phi) is 3.37. The lowest BCUT2D eigenvalue weighted by Gasteiger charge is -2.26. The van der Waals surface area contributed by atoms with Gasteiger partial charge in [0, 0.05) is 18.5 Å². The summed E-state index contributed by atoms with van der Waals surface area (Å²) >= 11 is 5.97. The van der Waals surface area contributed by atoms with Crippen LogP contribution in [0, 0.1) is 0 Å². The highest BCUT2D eigenvalue weighted by Crippen LogP contribution is 2.33. The third-order valence-electron chi connectivity index (χ3n) is 2.95. The molecule has 15 heavy (non-hydrogen) atoms. The fraction of sp³-hybridized carbons (Fsp3) is 0.500. The Morgan fingerprint density at radius 1 is 1.47 bits per heavy atom. The van der Waals surface area contributed by atoms with Crippen LogP contribution in [0.1, 0.15) is 12.8 Å². The van der Waals surface area contributed by atoms with Crippen LogP contribution in [0.5, 0.6) is 5.75 Å². The van der Waals surface area contributed by atoms with Crippen molar-refractivity contribution in [2.45, 2.75) is 18.9 Å². The third-order valence-corrected chi connectivity index (χ3v) is 3.31. The molecule has 1 saturated heterocycles. The second-order valence-electron chi connectivity index (χ2n) is 3.82. The Balaban J connectivity index is 2.27. The molecule has 0 amide bonds. The summed E-state index contributed by atoms with van der Waals surface area (Å²) < 4.78 is 5.37. The van der Waals surface area contributed by atoms with E-state index < -0.39 is 0 Å². The van der Waals surface area contributed by atoms with Gasteiger partial charge in [-0.05, 0) is 25.0 Å². The second kappa shape index (κ2) is 4.75. The van der Waals surface area contributed by atoms with E-state index in [1.807, 2.05) is 18.2 Å². The third kappa shape index (κ3) is 2.05. The largest absolute Gasteiger partial charge is 0.495 e. The minimum absolute atomic E-state index is 0.461. The van der Waals surface area contributed by atoms with Gasteiger partial charge >= 0.3 is 0 Å². The maximum atomic E-state index is 5.97. The van der Waals surface area contributed by atoms with Crippen LogP contribution < -0.4 is 9.64 Å². The van der Waals surface area contributed by atoms with Crippen molar-refractivity contribution < 1.29 is 4.74 Å². The van der Waals surface area contributed by atoms with Crippen molar-refractivity contribution in [3.8, 4) is 5.75 Å².